The predicted octanol–water partition coefficient (Wildman–Crippen LogP) is 3.30. The first-order chi connectivity index (χ1) is 13.5. The molecule has 1 aromatic heterocycles. The molecule has 0 fully saturated rings. The van der Waals surface area contributed by atoms with Crippen molar-refractivity contribution in [2.75, 3.05) is 20.2 Å². The molecule has 2 rings (SSSR count). The van der Waals surface area contributed by atoms with E-state index in [1.807, 2.05) is 19.2 Å². The number of rotatable bonds is 9. The minimum atomic E-state index is -2.93. The SMILES string of the molecule is CCOc1cccc(CNC(=NC)NCCc2ccncc2C)c1OC(F)F. The Bertz CT molecular complexity index is 785. The van der Waals surface area contributed by atoms with E-state index in [4.69, 9.17) is 4.74 Å². The number of alkyl halides is 2. The van der Waals surface area contributed by atoms with Gasteiger partial charge < -0.3 is 20.1 Å². The first kappa shape index (κ1) is 21.4. The minimum absolute atomic E-state index is 0.0368. The van der Waals surface area contributed by atoms with Crippen molar-refractivity contribution in [1.29, 1.82) is 0 Å². The topological polar surface area (TPSA) is 67.8 Å². The Morgan fingerprint density at radius 3 is 2.71 bits per heavy atom. The quantitative estimate of drug-likeness (QED) is 0.506. The van der Waals surface area contributed by atoms with E-state index in [9.17, 15) is 8.78 Å². The van der Waals surface area contributed by atoms with E-state index < -0.39 is 6.61 Å². The second-order valence-corrected chi connectivity index (χ2v) is 5.96. The molecule has 0 spiro atoms. The number of hydrogen-bond donors (Lipinski definition) is 2. The van der Waals surface area contributed by atoms with E-state index in [2.05, 4.69) is 25.3 Å². The number of guanidine groups is 1. The first-order valence-electron chi connectivity index (χ1n) is 9.08. The lowest BCUT2D eigenvalue weighted by Crippen LogP contribution is -2.38. The summed E-state index contributed by atoms with van der Waals surface area (Å²) in [5.41, 5.74) is 2.89. The van der Waals surface area contributed by atoms with Crippen LogP contribution in [0.1, 0.15) is 23.6 Å². The number of aliphatic imine (C=N–C) groups is 1. The molecule has 0 radical (unpaired) electrons. The normalized spacial score (nSPS) is 11.4. The van der Waals surface area contributed by atoms with E-state index in [1.54, 1.807) is 38.4 Å². The number of nitrogens with one attached hydrogen (secondary N) is 2. The van der Waals surface area contributed by atoms with Crippen LogP contribution < -0.4 is 20.1 Å². The summed E-state index contributed by atoms with van der Waals surface area (Å²) in [6.07, 6.45) is 4.41. The summed E-state index contributed by atoms with van der Waals surface area (Å²) in [7, 11) is 1.65. The van der Waals surface area contributed by atoms with Crippen LogP contribution in [0.5, 0.6) is 11.5 Å². The van der Waals surface area contributed by atoms with Gasteiger partial charge in [0.2, 0.25) is 0 Å². The molecule has 1 heterocycles. The van der Waals surface area contributed by atoms with Crippen LogP contribution in [0.25, 0.3) is 0 Å². The van der Waals surface area contributed by atoms with Gasteiger partial charge in [0.15, 0.2) is 17.5 Å². The van der Waals surface area contributed by atoms with E-state index in [1.165, 1.54) is 5.56 Å². The molecule has 0 saturated heterocycles. The van der Waals surface area contributed by atoms with Gasteiger partial charge in [-0.1, -0.05) is 12.1 Å². The Morgan fingerprint density at radius 1 is 1.21 bits per heavy atom. The van der Waals surface area contributed by atoms with Crippen molar-refractivity contribution in [3.8, 4) is 11.5 Å². The summed E-state index contributed by atoms with van der Waals surface area (Å²) in [5.74, 6) is 0.893. The van der Waals surface area contributed by atoms with Crippen LogP contribution in [0.4, 0.5) is 8.78 Å². The van der Waals surface area contributed by atoms with Gasteiger partial charge in [0.1, 0.15) is 0 Å². The Labute approximate surface area is 164 Å². The highest BCUT2D eigenvalue weighted by atomic mass is 19.3. The lowest BCUT2D eigenvalue weighted by molar-refractivity contribution is -0.0520. The number of benzene rings is 1. The van der Waals surface area contributed by atoms with E-state index in [-0.39, 0.29) is 12.3 Å². The van der Waals surface area contributed by atoms with E-state index >= 15 is 0 Å². The van der Waals surface area contributed by atoms with Crippen molar-refractivity contribution in [1.82, 2.24) is 15.6 Å². The van der Waals surface area contributed by atoms with Crippen molar-refractivity contribution in [2.24, 2.45) is 4.99 Å². The van der Waals surface area contributed by atoms with Crippen LogP contribution >= 0.6 is 0 Å². The number of pyridine rings is 1. The summed E-state index contributed by atoms with van der Waals surface area (Å²) < 4.78 is 35.7. The maximum atomic E-state index is 12.8. The van der Waals surface area contributed by atoms with Crippen molar-refractivity contribution < 1.29 is 18.3 Å². The van der Waals surface area contributed by atoms with Crippen molar-refractivity contribution in [2.45, 2.75) is 33.4 Å². The van der Waals surface area contributed by atoms with Crippen LogP contribution in [0.2, 0.25) is 0 Å². The number of para-hydroxylation sites is 1. The van der Waals surface area contributed by atoms with Crippen LogP contribution in [-0.2, 0) is 13.0 Å². The molecule has 0 unspecified atom stereocenters. The molecule has 0 saturated carbocycles. The zero-order valence-corrected chi connectivity index (χ0v) is 16.3. The van der Waals surface area contributed by atoms with Gasteiger partial charge in [0.25, 0.3) is 0 Å². The third-order valence-corrected chi connectivity index (χ3v) is 4.06. The lowest BCUT2D eigenvalue weighted by Gasteiger charge is -2.17. The molecular weight excluding hydrogens is 366 g/mol. The molecule has 0 atom stereocenters. The fourth-order valence-corrected chi connectivity index (χ4v) is 2.69. The zero-order chi connectivity index (χ0) is 20.4. The average molecular weight is 392 g/mol. The predicted molar refractivity (Wildman–Crippen MR) is 105 cm³/mol. The van der Waals surface area contributed by atoms with Gasteiger partial charge in [0, 0.05) is 38.1 Å². The maximum absolute atomic E-state index is 12.8. The Morgan fingerprint density at radius 2 is 2.04 bits per heavy atom. The molecule has 28 heavy (non-hydrogen) atoms. The van der Waals surface area contributed by atoms with Crippen LogP contribution in [0, 0.1) is 6.92 Å². The van der Waals surface area contributed by atoms with Crippen molar-refractivity contribution >= 4 is 5.96 Å². The maximum Gasteiger partial charge on any atom is 0.387 e. The molecular formula is C20H26F2N4O2. The summed E-state index contributed by atoms with van der Waals surface area (Å²) in [4.78, 5) is 8.25. The first-order valence-corrected chi connectivity index (χ1v) is 9.08. The molecule has 2 aromatic rings. The molecule has 8 heteroatoms. The third-order valence-electron chi connectivity index (χ3n) is 4.06. The molecule has 0 bridgehead atoms. The molecule has 6 nitrogen and oxygen atoms in total. The minimum Gasteiger partial charge on any atom is -0.490 e. The van der Waals surface area contributed by atoms with Crippen LogP contribution in [0.15, 0.2) is 41.7 Å². The fraction of sp³-hybridized carbons (Fsp3) is 0.400. The molecule has 1 aromatic carbocycles. The third kappa shape index (κ3) is 6.37. The van der Waals surface area contributed by atoms with Gasteiger partial charge in [-0.15, -0.1) is 0 Å². The number of halogens is 2. The van der Waals surface area contributed by atoms with Crippen molar-refractivity contribution in [3.63, 3.8) is 0 Å². The number of aromatic nitrogens is 1. The Hall–Kier alpha value is -2.90. The largest absolute Gasteiger partial charge is 0.490 e. The van der Waals surface area contributed by atoms with Gasteiger partial charge in [-0.3, -0.25) is 9.98 Å². The summed E-state index contributed by atoms with van der Waals surface area (Å²) in [6.45, 7) is 2.16. The molecule has 152 valence electrons. The van der Waals surface area contributed by atoms with E-state index in [0.29, 0.717) is 30.4 Å². The van der Waals surface area contributed by atoms with Gasteiger partial charge in [-0.05, 0) is 43.5 Å². The molecule has 2 N–H and O–H groups in total. The lowest BCUT2D eigenvalue weighted by atomic mass is 10.1. The van der Waals surface area contributed by atoms with Gasteiger partial charge >= 0.3 is 6.61 Å². The monoisotopic (exact) mass is 392 g/mol. The average Bonchev–Trinajstić information content (AvgIpc) is 2.67. The number of aryl methyl sites for hydroxylation is 1. The highest BCUT2D eigenvalue weighted by Crippen LogP contribution is 2.32. The van der Waals surface area contributed by atoms with Gasteiger partial charge in [-0.2, -0.15) is 8.78 Å². The standard InChI is InChI=1S/C20H26F2N4O2/c1-4-27-17-7-5-6-16(18(17)28-19(21)22)13-26-20(23-3)25-11-9-15-8-10-24-12-14(15)2/h5-8,10,12,19H,4,9,11,13H2,1-3H3,(H2,23,25,26). The molecule has 0 amide bonds. The smallest absolute Gasteiger partial charge is 0.387 e. The van der Waals surface area contributed by atoms with Gasteiger partial charge in [-0.25, -0.2) is 0 Å². The Kier molecular flexibility index (Phi) is 8.45. The molecule has 0 aliphatic heterocycles. The van der Waals surface area contributed by atoms with E-state index in [0.717, 1.165) is 12.0 Å². The number of nitrogens with zero attached hydrogens (tertiary/aromatic N) is 2. The second kappa shape index (κ2) is 11.1. The number of ether oxygens (including phenoxy) is 2. The van der Waals surface area contributed by atoms with Crippen LogP contribution in [0.3, 0.4) is 0 Å². The molecule has 0 aliphatic rings. The highest BCUT2D eigenvalue weighted by molar-refractivity contribution is 5.79. The highest BCUT2D eigenvalue weighted by Gasteiger charge is 2.16. The molecule has 0 aliphatic carbocycles. The zero-order valence-electron chi connectivity index (χ0n) is 16.3. The summed E-state index contributed by atoms with van der Waals surface area (Å²) >= 11 is 0. The Balaban J connectivity index is 1.97. The second-order valence-electron chi connectivity index (χ2n) is 5.96. The summed E-state index contributed by atoms with van der Waals surface area (Å²) in [5, 5.41) is 6.33. The summed E-state index contributed by atoms with van der Waals surface area (Å²) in [6, 6.07) is 7.04. The van der Waals surface area contributed by atoms with Gasteiger partial charge in [0.05, 0.1) is 6.61 Å². The van der Waals surface area contributed by atoms with Crippen LogP contribution in [-0.4, -0.2) is 37.8 Å². The number of hydrogen-bond acceptors (Lipinski definition) is 4. The fourth-order valence-electron chi connectivity index (χ4n) is 2.69. The van der Waals surface area contributed by atoms with Crippen molar-refractivity contribution in [3.05, 3.63) is 53.3 Å².